The first-order chi connectivity index (χ1) is 16.6. The highest BCUT2D eigenvalue weighted by atomic mass is 32.2. The average Bonchev–Trinajstić information content (AvgIpc) is 3.12. The summed E-state index contributed by atoms with van der Waals surface area (Å²) in [6.45, 7) is -0.147. The second kappa shape index (κ2) is 11.5. The van der Waals surface area contributed by atoms with E-state index in [-0.39, 0.29) is 18.9 Å². The maximum Gasteiger partial charge on any atom is 0.407 e. The predicted molar refractivity (Wildman–Crippen MR) is 125 cm³/mol. The normalized spacial score (nSPS) is 14.4. The van der Waals surface area contributed by atoms with Gasteiger partial charge in [-0.25, -0.2) is 9.59 Å². The lowest BCUT2D eigenvalue weighted by Gasteiger charge is -2.22. The van der Waals surface area contributed by atoms with E-state index in [0.717, 1.165) is 22.3 Å². The maximum absolute atomic E-state index is 13.1. The van der Waals surface area contributed by atoms with Crippen LogP contribution in [0, 0.1) is 0 Å². The Morgan fingerprint density at radius 3 is 2.09 bits per heavy atom. The Hall–Kier alpha value is -3.21. The van der Waals surface area contributed by atoms with Gasteiger partial charge in [-0.05, 0) is 40.7 Å². The Balaban J connectivity index is 1.68. The van der Waals surface area contributed by atoms with Crippen LogP contribution in [0.15, 0.2) is 48.5 Å². The number of carbonyl (C=O) groups is 3. The van der Waals surface area contributed by atoms with Crippen molar-refractivity contribution in [2.45, 2.75) is 37.0 Å². The van der Waals surface area contributed by atoms with Gasteiger partial charge in [0.15, 0.2) is 0 Å². The molecule has 0 bridgehead atoms. The second-order valence-corrected chi connectivity index (χ2v) is 9.01. The van der Waals surface area contributed by atoms with Gasteiger partial charge in [0.1, 0.15) is 18.7 Å². The molecule has 0 aliphatic heterocycles. The third-order valence-corrected chi connectivity index (χ3v) is 6.26. The van der Waals surface area contributed by atoms with E-state index < -0.39 is 42.7 Å². The molecular formula is C24H25F3N2O5S. The summed E-state index contributed by atoms with van der Waals surface area (Å²) in [5.74, 6) is -2.56. The highest BCUT2D eigenvalue weighted by Crippen LogP contribution is 2.44. The Morgan fingerprint density at radius 2 is 1.57 bits per heavy atom. The topological polar surface area (TPSA) is 105 Å². The monoisotopic (exact) mass is 510 g/mol. The number of nitrogens with one attached hydrogen (secondary N) is 2. The number of amides is 2. The van der Waals surface area contributed by atoms with Gasteiger partial charge < -0.3 is 20.5 Å². The first-order valence-electron chi connectivity index (χ1n) is 10.8. The zero-order chi connectivity index (χ0) is 25.6. The van der Waals surface area contributed by atoms with Crippen molar-refractivity contribution < 1.29 is 37.4 Å². The van der Waals surface area contributed by atoms with E-state index in [1.54, 1.807) is 6.26 Å². The van der Waals surface area contributed by atoms with E-state index >= 15 is 0 Å². The van der Waals surface area contributed by atoms with Gasteiger partial charge in [0, 0.05) is 5.92 Å². The number of alkyl carbamates (subject to hydrolysis) is 1. The standard InChI is InChI=1S/C24H25F3N2O5S/c1-35-11-10-19(22(31)32)28-21(30)20(12-24(25,26)27)29-23(33)34-13-18-16-8-4-2-6-14(16)15-7-3-5-9-17(15)18/h2-9,18-20H,10-13H2,1H3,(H,28,30)(H,29,33)(H,31,32)/t19-,20?/m1/s1. The van der Waals surface area contributed by atoms with E-state index in [1.807, 2.05) is 53.8 Å². The van der Waals surface area contributed by atoms with Crippen LogP contribution < -0.4 is 10.6 Å². The predicted octanol–water partition coefficient (Wildman–Crippen LogP) is 4.17. The van der Waals surface area contributed by atoms with Crippen molar-refractivity contribution in [3.05, 3.63) is 59.7 Å². The van der Waals surface area contributed by atoms with Crippen LogP contribution in [0.3, 0.4) is 0 Å². The molecule has 2 aromatic rings. The molecule has 1 aliphatic rings. The number of rotatable bonds is 10. The molecular weight excluding hydrogens is 485 g/mol. The number of carboxylic acids is 1. The van der Waals surface area contributed by atoms with Gasteiger partial charge in [-0.1, -0.05) is 48.5 Å². The first kappa shape index (κ1) is 26.4. The molecule has 2 atom stereocenters. The van der Waals surface area contributed by atoms with Crippen molar-refractivity contribution >= 4 is 29.7 Å². The molecule has 3 N–H and O–H groups in total. The molecule has 35 heavy (non-hydrogen) atoms. The fourth-order valence-electron chi connectivity index (χ4n) is 3.99. The van der Waals surface area contributed by atoms with Gasteiger partial charge in [-0.15, -0.1) is 0 Å². The van der Waals surface area contributed by atoms with Gasteiger partial charge in [0.25, 0.3) is 0 Å². The Bertz CT molecular complexity index is 1030. The van der Waals surface area contributed by atoms with Crippen LogP contribution in [0.1, 0.15) is 29.9 Å². The zero-order valence-electron chi connectivity index (χ0n) is 18.8. The highest BCUT2D eigenvalue weighted by molar-refractivity contribution is 7.98. The Labute approximate surface area is 204 Å². The van der Waals surface area contributed by atoms with Gasteiger partial charge >= 0.3 is 18.2 Å². The van der Waals surface area contributed by atoms with E-state index in [9.17, 15) is 32.7 Å². The van der Waals surface area contributed by atoms with Crippen molar-refractivity contribution in [3.8, 4) is 11.1 Å². The van der Waals surface area contributed by atoms with Gasteiger partial charge in [0.05, 0.1) is 6.42 Å². The molecule has 0 fully saturated rings. The second-order valence-electron chi connectivity index (χ2n) is 8.02. The van der Waals surface area contributed by atoms with Crippen LogP contribution in [-0.2, 0) is 14.3 Å². The van der Waals surface area contributed by atoms with Crippen LogP contribution in [0.4, 0.5) is 18.0 Å². The van der Waals surface area contributed by atoms with Crippen molar-refractivity contribution in [1.82, 2.24) is 10.6 Å². The summed E-state index contributed by atoms with van der Waals surface area (Å²) in [6.07, 6.45) is -5.90. The Kier molecular flexibility index (Phi) is 8.66. The molecule has 0 heterocycles. The number of thioether (sulfide) groups is 1. The molecule has 7 nitrogen and oxygen atoms in total. The summed E-state index contributed by atoms with van der Waals surface area (Å²) in [4.78, 5) is 36.2. The number of fused-ring (bicyclic) bond motifs is 3. The molecule has 11 heteroatoms. The number of carbonyl (C=O) groups excluding carboxylic acids is 2. The molecule has 0 spiro atoms. The molecule has 0 aromatic heterocycles. The minimum atomic E-state index is -4.78. The minimum Gasteiger partial charge on any atom is -0.480 e. The number of halogens is 3. The molecule has 3 rings (SSSR count). The van der Waals surface area contributed by atoms with Crippen LogP contribution >= 0.6 is 11.8 Å². The highest BCUT2D eigenvalue weighted by Gasteiger charge is 2.38. The van der Waals surface area contributed by atoms with Gasteiger partial charge in [-0.2, -0.15) is 24.9 Å². The molecule has 188 valence electrons. The summed E-state index contributed by atoms with van der Waals surface area (Å²) in [6, 6.07) is 11.7. The lowest BCUT2D eigenvalue weighted by Crippen LogP contribution is -2.53. The summed E-state index contributed by atoms with van der Waals surface area (Å²) in [5.41, 5.74) is 3.81. The van der Waals surface area contributed by atoms with E-state index in [1.165, 1.54) is 11.8 Å². The largest absolute Gasteiger partial charge is 0.480 e. The van der Waals surface area contributed by atoms with Crippen LogP contribution in [0.25, 0.3) is 11.1 Å². The molecule has 0 radical (unpaired) electrons. The molecule has 0 saturated heterocycles. The van der Waals surface area contributed by atoms with E-state index in [0.29, 0.717) is 5.75 Å². The SMILES string of the molecule is CSCC[C@@H](NC(=O)C(CC(F)(F)F)NC(=O)OCC1c2ccccc2-c2ccccc21)C(=O)O. The van der Waals surface area contributed by atoms with E-state index in [2.05, 4.69) is 5.32 Å². The third kappa shape index (κ3) is 6.91. The van der Waals surface area contributed by atoms with Crippen molar-refractivity contribution in [1.29, 1.82) is 0 Å². The fourth-order valence-corrected chi connectivity index (χ4v) is 4.46. The number of carboxylic acid groups (broad SMARTS) is 1. The van der Waals surface area contributed by atoms with Gasteiger partial charge in [-0.3, -0.25) is 4.79 Å². The van der Waals surface area contributed by atoms with Crippen LogP contribution in [0.2, 0.25) is 0 Å². The van der Waals surface area contributed by atoms with Gasteiger partial charge in [0.2, 0.25) is 5.91 Å². The molecule has 2 amide bonds. The average molecular weight is 511 g/mol. The summed E-state index contributed by atoms with van der Waals surface area (Å²) < 4.78 is 44.5. The quantitative estimate of drug-likeness (QED) is 0.443. The van der Waals surface area contributed by atoms with Crippen molar-refractivity contribution in [2.24, 2.45) is 0 Å². The molecule has 1 aliphatic carbocycles. The molecule has 2 aromatic carbocycles. The zero-order valence-corrected chi connectivity index (χ0v) is 19.6. The smallest absolute Gasteiger partial charge is 0.407 e. The van der Waals surface area contributed by atoms with Crippen LogP contribution in [-0.4, -0.2) is 60.0 Å². The first-order valence-corrected chi connectivity index (χ1v) is 12.2. The summed E-state index contributed by atoms with van der Waals surface area (Å²) >= 11 is 1.33. The number of ether oxygens (including phenoxy) is 1. The maximum atomic E-state index is 13.1. The number of benzene rings is 2. The molecule has 1 unspecified atom stereocenters. The van der Waals surface area contributed by atoms with Crippen molar-refractivity contribution in [3.63, 3.8) is 0 Å². The number of alkyl halides is 3. The van der Waals surface area contributed by atoms with Crippen LogP contribution in [0.5, 0.6) is 0 Å². The Morgan fingerprint density at radius 1 is 1.00 bits per heavy atom. The third-order valence-electron chi connectivity index (χ3n) is 5.61. The number of hydrogen-bond donors (Lipinski definition) is 3. The molecule has 0 saturated carbocycles. The van der Waals surface area contributed by atoms with Crippen molar-refractivity contribution in [2.75, 3.05) is 18.6 Å². The summed E-state index contributed by atoms with van der Waals surface area (Å²) in [7, 11) is 0. The van der Waals surface area contributed by atoms with E-state index in [4.69, 9.17) is 4.74 Å². The lowest BCUT2D eigenvalue weighted by atomic mass is 9.98. The minimum absolute atomic E-state index is 0.0198. The number of aliphatic carboxylic acids is 1. The lowest BCUT2D eigenvalue weighted by molar-refractivity contribution is -0.150. The summed E-state index contributed by atoms with van der Waals surface area (Å²) in [5, 5.41) is 13.3. The number of hydrogen-bond acceptors (Lipinski definition) is 5. The fraction of sp³-hybridized carbons (Fsp3) is 0.375.